The lowest BCUT2D eigenvalue weighted by atomic mass is 9.94. The Balaban J connectivity index is 1.68. The second-order valence-corrected chi connectivity index (χ2v) is 6.34. The predicted molar refractivity (Wildman–Crippen MR) is 91.4 cm³/mol. The summed E-state index contributed by atoms with van der Waals surface area (Å²) in [6, 6.07) is 8.74. The van der Waals surface area contributed by atoms with Gasteiger partial charge in [-0.2, -0.15) is 0 Å². The first-order valence-electron chi connectivity index (χ1n) is 8.67. The molecule has 120 valence electrons. The molecule has 4 heteroatoms. The molecule has 0 aromatic heterocycles. The van der Waals surface area contributed by atoms with E-state index in [0.717, 1.165) is 31.0 Å². The van der Waals surface area contributed by atoms with E-state index in [1.807, 2.05) is 12.1 Å². The van der Waals surface area contributed by atoms with Gasteiger partial charge in [0.05, 0.1) is 17.9 Å². The van der Waals surface area contributed by atoms with Crippen molar-refractivity contribution in [1.29, 1.82) is 0 Å². The number of rotatable bonds is 4. The van der Waals surface area contributed by atoms with Crippen LogP contribution < -0.4 is 10.2 Å². The third-order valence-corrected chi connectivity index (χ3v) is 4.94. The van der Waals surface area contributed by atoms with E-state index in [0.29, 0.717) is 12.6 Å². The van der Waals surface area contributed by atoms with E-state index >= 15 is 0 Å². The molecule has 1 heterocycles. The number of anilines is 2. The van der Waals surface area contributed by atoms with E-state index in [9.17, 15) is 4.79 Å². The van der Waals surface area contributed by atoms with Gasteiger partial charge in [-0.05, 0) is 31.9 Å². The van der Waals surface area contributed by atoms with Gasteiger partial charge in [-0.15, -0.1) is 0 Å². The smallest absolute Gasteiger partial charge is 0.242 e. The average molecular weight is 301 g/mol. The van der Waals surface area contributed by atoms with Crippen LogP contribution in [-0.4, -0.2) is 43.0 Å². The molecule has 1 saturated carbocycles. The number of hydrogen-bond donors (Lipinski definition) is 1. The van der Waals surface area contributed by atoms with Crippen LogP contribution in [0.3, 0.4) is 0 Å². The lowest BCUT2D eigenvalue weighted by Gasteiger charge is -2.37. The molecule has 0 saturated heterocycles. The van der Waals surface area contributed by atoms with E-state index < -0.39 is 0 Å². The number of carbonyl (C=O) groups is 1. The molecule has 1 aromatic rings. The van der Waals surface area contributed by atoms with Crippen LogP contribution in [0.1, 0.15) is 39.0 Å². The quantitative estimate of drug-likeness (QED) is 0.928. The van der Waals surface area contributed by atoms with Gasteiger partial charge in [0.1, 0.15) is 0 Å². The van der Waals surface area contributed by atoms with Gasteiger partial charge in [0.15, 0.2) is 0 Å². The maximum absolute atomic E-state index is 12.8. The minimum atomic E-state index is 0.283. The maximum atomic E-state index is 12.8. The number of amides is 1. The Labute approximate surface area is 133 Å². The predicted octanol–water partition coefficient (Wildman–Crippen LogP) is 3.10. The summed E-state index contributed by atoms with van der Waals surface area (Å²) in [4.78, 5) is 17.2. The number of nitrogens with one attached hydrogen (secondary N) is 1. The van der Waals surface area contributed by atoms with Gasteiger partial charge in [0.25, 0.3) is 0 Å². The Kier molecular flexibility index (Phi) is 4.86. The Hall–Kier alpha value is -1.71. The summed E-state index contributed by atoms with van der Waals surface area (Å²) in [6.07, 6.45) is 6.22. The van der Waals surface area contributed by atoms with E-state index in [1.54, 1.807) is 0 Å². The minimum Gasteiger partial charge on any atom is -0.382 e. The van der Waals surface area contributed by atoms with Crippen LogP contribution in [0.2, 0.25) is 0 Å². The molecular weight excluding hydrogens is 274 g/mol. The SMILES string of the molecule is CCN(C(=O)CN1CCNc2ccccc21)C1CCCCC1. The highest BCUT2D eigenvalue weighted by Crippen LogP contribution is 2.29. The van der Waals surface area contributed by atoms with Gasteiger partial charge >= 0.3 is 0 Å². The third kappa shape index (κ3) is 3.21. The van der Waals surface area contributed by atoms with Crippen molar-refractivity contribution in [2.75, 3.05) is 36.4 Å². The summed E-state index contributed by atoms with van der Waals surface area (Å²) >= 11 is 0. The molecule has 1 fully saturated rings. The minimum absolute atomic E-state index is 0.283. The fraction of sp³-hybridized carbons (Fsp3) is 0.611. The number of benzene rings is 1. The van der Waals surface area contributed by atoms with Crippen molar-refractivity contribution in [2.45, 2.75) is 45.1 Å². The monoisotopic (exact) mass is 301 g/mol. The molecule has 22 heavy (non-hydrogen) atoms. The summed E-state index contributed by atoms with van der Waals surface area (Å²) in [7, 11) is 0. The van der Waals surface area contributed by atoms with Gasteiger partial charge < -0.3 is 15.1 Å². The van der Waals surface area contributed by atoms with Crippen LogP contribution >= 0.6 is 0 Å². The first-order valence-corrected chi connectivity index (χ1v) is 8.67. The van der Waals surface area contributed by atoms with Crippen LogP contribution in [0.15, 0.2) is 24.3 Å². The number of hydrogen-bond acceptors (Lipinski definition) is 3. The molecule has 1 N–H and O–H groups in total. The average Bonchev–Trinajstić information content (AvgIpc) is 2.57. The zero-order valence-corrected chi connectivity index (χ0v) is 13.6. The fourth-order valence-electron chi connectivity index (χ4n) is 3.79. The fourth-order valence-corrected chi connectivity index (χ4v) is 3.79. The molecule has 1 aromatic carbocycles. The molecule has 3 rings (SSSR count). The molecule has 1 amide bonds. The third-order valence-electron chi connectivity index (χ3n) is 4.94. The Morgan fingerprint density at radius 3 is 2.82 bits per heavy atom. The van der Waals surface area contributed by atoms with E-state index in [4.69, 9.17) is 0 Å². The van der Waals surface area contributed by atoms with Crippen LogP contribution in [0, 0.1) is 0 Å². The van der Waals surface area contributed by atoms with Crippen LogP contribution in [0.25, 0.3) is 0 Å². The second kappa shape index (κ2) is 7.03. The molecule has 0 bridgehead atoms. The van der Waals surface area contributed by atoms with Crippen molar-refractivity contribution in [2.24, 2.45) is 0 Å². The second-order valence-electron chi connectivity index (χ2n) is 6.34. The molecule has 0 spiro atoms. The Morgan fingerprint density at radius 2 is 2.05 bits per heavy atom. The van der Waals surface area contributed by atoms with Gasteiger partial charge in [-0.1, -0.05) is 31.4 Å². The largest absolute Gasteiger partial charge is 0.382 e. The van der Waals surface area contributed by atoms with Crippen LogP contribution in [0.5, 0.6) is 0 Å². The first-order chi connectivity index (χ1) is 10.8. The number of para-hydroxylation sites is 2. The number of likely N-dealkylation sites (N-methyl/N-ethyl adjacent to an activating group) is 1. The zero-order valence-electron chi connectivity index (χ0n) is 13.6. The summed E-state index contributed by atoms with van der Waals surface area (Å²) in [5, 5.41) is 3.41. The topological polar surface area (TPSA) is 35.6 Å². The van der Waals surface area contributed by atoms with Crippen molar-refractivity contribution < 1.29 is 4.79 Å². The van der Waals surface area contributed by atoms with Crippen molar-refractivity contribution in [3.8, 4) is 0 Å². The van der Waals surface area contributed by atoms with Crippen molar-refractivity contribution in [3.63, 3.8) is 0 Å². The van der Waals surface area contributed by atoms with Gasteiger partial charge in [-0.25, -0.2) is 0 Å². The molecule has 1 aliphatic heterocycles. The molecule has 0 atom stereocenters. The van der Waals surface area contributed by atoms with E-state index in [1.165, 1.54) is 32.1 Å². The highest BCUT2D eigenvalue weighted by molar-refractivity contribution is 5.84. The number of nitrogens with zero attached hydrogens (tertiary/aromatic N) is 2. The highest BCUT2D eigenvalue weighted by atomic mass is 16.2. The van der Waals surface area contributed by atoms with Crippen LogP contribution in [-0.2, 0) is 4.79 Å². The number of fused-ring (bicyclic) bond motifs is 1. The summed E-state index contributed by atoms with van der Waals surface area (Å²) < 4.78 is 0. The Morgan fingerprint density at radius 1 is 1.27 bits per heavy atom. The maximum Gasteiger partial charge on any atom is 0.242 e. The molecular formula is C18H27N3O. The van der Waals surface area contributed by atoms with Crippen molar-refractivity contribution >= 4 is 17.3 Å². The molecule has 4 nitrogen and oxygen atoms in total. The molecule has 2 aliphatic rings. The lowest BCUT2D eigenvalue weighted by molar-refractivity contribution is -0.132. The Bertz CT molecular complexity index is 511. The van der Waals surface area contributed by atoms with E-state index in [2.05, 4.69) is 34.2 Å². The molecule has 1 aliphatic carbocycles. The normalized spacial score (nSPS) is 18.5. The van der Waals surface area contributed by atoms with Crippen molar-refractivity contribution in [3.05, 3.63) is 24.3 Å². The van der Waals surface area contributed by atoms with Crippen molar-refractivity contribution in [1.82, 2.24) is 4.90 Å². The van der Waals surface area contributed by atoms with Gasteiger partial charge in [-0.3, -0.25) is 4.79 Å². The molecule has 0 unspecified atom stereocenters. The first kappa shape index (κ1) is 15.2. The highest BCUT2D eigenvalue weighted by Gasteiger charge is 2.26. The van der Waals surface area contributed by atoms with Crippen LogP contribution in [0.4, 0.5) is 11.4 Å². The van der Waals surface area contributed by atoms with Gasteiger partial charge in [0.2, 0.25) is 5.91 Å². The summed E-state index contributed by atoms with van der Waals surface area (Å²) in [5.41, 5.74) is 2.30. The standard InChI is InChI=1S/C18H27N3O/c1-2-21(15-8-4-3-5-9-15)18(22)14-20-13-12-19-16-10-6-7-11-17(16)20/h6-7,10-11,15,19H,2-5,8-9,12-14H2,1H3. The van der Waals surface area contributed by atoms with E-state index in [-0.39, 0.29) is 5.91 Å². The van der Waals surface area contributed by atoms with Gasteiger partial charge in [0, 0.05) is 25.7 Å². The lowest BCUT2D eigenvalue weighted by Crippen LogP contribution is -2.48. The molecule has 0 radical (unpaired) electrons. The summed E-state index contributed by atoms with van der Waals surface area (Å²) in [6.45, 7) is 5.24. The zero-order chi connectivity index (χ0) is 15.4. The summed E-state index contributed by atoms with van der Waals surface area (Å²) in [5.74, 6) is 0.283. The number of carbonyl (C=O) groups excluding carboxylic acids is 1.